The molecular weight excluding hydrogens is 696 g/mol. The third kappa shape index (κ3) is 8.22. The summed E-state index contributed by atoms with van der Waals surface area (Å²) in [5.74, 6) is -1.78. The number of halogens is 2. The minimum atomic E-state index is -0.822. The first-order valence-corrected chi connectivity index (χ1v) is 16.7. The largest absolute Gasteiger partial charge is 0.493 e. The Labute approximate surface area is 299 Å². The van der Waals surface area contributed by atoms with Gasteiger partial charge in [-0.1, -0.05) is 6.07 Å². The molecule has 0 radical (unpaired) electrons. The number of carbonyl (C=O) groups is 2. The number of ether oxygens (including phenoxy) is 4. The highest BCUT2D eigenvalue weighted by atomic mass is 32.1. The average molecular weight is 728 g/mol. The van der Waals surface area contributed by atoms with Crippen LogP contribution in [-0.4, -0.2) is 53.4 Å². The summed E-state index contributed by atoms with van der Waals surface area (Å²) in [6, 6.07) is 17.6. The van der Waals surface area contributed by atoms with Crippen LogP contribution >= 0.6 is 11.3 Å². The Kier molecular flexibility index (Phi) is 11.1. The van der Waals surface area contributed by atoms with Gasteiger partial charge in [0.25, 0.3) is 11.5 Å². The molecule has 0 spiro atoms. The molecule has 0 saturated carbocycles. The molecule has 52 heavy (non-hydrogen) atoms. The number of nitrogens with zero attached hydrogens (tertiary/aromatic N) is 3. The lowest BCUT2D eigenvalue weighted by atomic mass is 10.2. The van der Waals surface area contributed by atoms with Gasteiger partial charge >= 0.3 is 6.09 Å². The number of aromatic nitrogens is 3. The Hall–Kier alpha value is -6.19. The Morgan fingerprint density at radius 1 is 0.942 bits per heavy atom. The summed E-state index contributed by atoms with van der Waals surface area (Å²) in [6.45, 7) is 2.65. The molecule has 2 N–H and O–H groups in total. The minimum Gasteiger partial charge on any atom is -0.493 e. The van der Waals surface area contributed by atoms with E-state index in [9.17, 15) is 18.8 Å². The van der Waals surface area contributed by atoms with Crippen LogP contribution in [-0.2, 0) is 16.1 Å². The zero-order valence-corrected chi connectivity index (χ0v) is 28.7. The van der Waals surface area contributed by atoms with Crippen LogP contribution in [0.2, 0.25) is 0 Å². The summed E-state index contributed by atoms with van der Waals surface area (Å²) in [4.78, 5) is 48.3. The summed E-state index contributed by atoms with van der Waals surface area (Å²) < 4.78 is 52.3. The van der Waals surface area contributed by atoms with E-state index >= 15 is 4.39 Å². The van der Waals surface area contributed by atoms with E-state index in [1.54, 1.807) is 37.5 Å². The molecule has 0 atom stereocenters. The van der Waals surface area contributed by atoms with Crippen molar-refractivity contribution in [3.8, 4) is 33.5 Å². The Bertz CT molecular complexity index is 2280. The molecule has 12 nitrogen and oxygen atoms in total. The van der Waals surface area contributed by atoms with Gasteiger partial charge in [-0.3, -0.25) is 24.1 Å². The molecule has 0 bridgehead atoms. The zero-order chi connectivity index (χ0) is 36.6. The van der Waals surface area contributed by atoms with Crippen molar-refractivity contribution in [2.45, 2.75) is 13.5 Å². The molecule has 2 amide bonds. The van der Waals surface area contributed by atoms with Crippen molar-refractivity contribution in [1.82, 2.24) is 19.9 Å². The van der Waals surface area contributed by atoms with Crippen LogP contribution in [0.5, 0.6) is 17.2 Å². The van der Waals surface area contributed by atoms with Crippen molar-refractivity contribution in [1.29, 1.82) is 0 Å². The number of pyridine rings is 3. The highest BCUT2D eigenvalue weighted by Crippen LogP contribution is 2.39. The standard InChI is InChI=1S/C37H31F2N5O7S/c1-3-49-30-13-16-44(25-8-5-23(38)6-9-25)36(46)33(30)35(45)43-24-7-11-29(26(39)18-24)51-31-12-14-40-28-19-32(52-34(28)31)27-10-4-22(20-42-27)21-50-37(47)41-15-17-48-2/h4-14,16,18-20H,3,15,17,21H2,1-2H3,(H,41,47)(H,43,45). The third-order valence-electron chi connectivity index (χ3n) is 7.49. The Morgan fingerprint density at radius 2 is 1.77 bits per heavy atom. The SMILES string of the molecule is CCOc1ccn(-c2ccc(F)cc2)c(=O)c1C(=O)Nc1ccc(Oc2ccnc3cc(-c4ccc(COC(=O)NCCOC)cn4)sc23)c(F)c1. The first kappa shape index (κ1) is 35.6. The second kappa shape index (κ2) is 16.2. The van der Waals surface area contributed by atoms with E-state index in [4.69, 9.17) is 18.9 Å². The number of anilines is 1. The van der Waals surface area contributed by atoms with Gasteiger partial charge in [0.15, 0.2) is 11.6 Å². The molecule has 0 saturated heterocycles. The number of thiophene rings is 1. The predicted octanol–water partition coefficient (Wildman–Crippen LogP) is 7.10. The number of carbonyl (C=O) groups excluding carboxylic acids is 2. The van der Waals surface area contributed by atoms with E-state index in [2.05, 4.69) is 20.6 Å². The summed E-state index contributed by atoms with van der Waals surface area (Å²) in [6.07, 6.45) is 4.02. The number of rotatable bonds is 13. The Morgan fingerprint density at radius 3 is 2.50 bits per heavy atom. The first-order chi connectivity index (χ1) is 25.2. The lowest BCUT2D eigenvalue weighted by molar-refractivity contribution is 0.102. The van der Waals surface area contributed by atoms with Crippen LogP contribution in [0.3, 0.4) is 0 Å². The predicted molar refractivity (Wildman–Crippen MR) is 191 cm³/mol. The van der Waals surface area contributed by atoms with Gasteiger partial charge in [0.05, 0.1) is 34.0 Å². The number of hydrogen-bond acceptors (Lipinski definition) is 10. The zero-order valence-electron chi connectivity index (χ0n) is 27.9. The van der Waals surface area contributed by atoms with Gasteiger partial charge in [0.2, 0.25) is 0 Å². The van der Waals surface area contributed by atoms with Crippen molar-refractivity contribution >= 4 is 39.2 Å². The second-order valence-corrected chi connectivity index (χ2v) is 12.1. The summed E-state index contributed by atoms with van der Waals surface area (Å²) >= 11 is 1.35. The summed E-state index contributed by atoms with van der Waals surface area (Å²) in [5.41, 5.74) is 1.37. The maximum Gasteiger partial charge on any atom is 0.407 e. The minimum absolute atomic E-state index is 0.0411. The van der Waals surface area contributed by atoms with Crippen LogP contribution in [0.25, 0.3) is 26.5 Å². The van der Waals surface area contributed by atoms with Crippen LogP contribution in [0.4, 0.5) is 19.3 Å². The molecule has 4 aromatic heterocycles. The molecule has 0 unspecified atom stereocenters. The highest BCUT2D eigenvalue weighted by molar-refractivity contribution is 7.22. The average Bonchev–Trinajstić information content (AvgIpc) is 3.58. The molecule has 0 fully saturated rings. The molecule has 0 aliphatic carbocycles. The van der Waals surface area contributed by atoms with Gasteiger partial charge in [-0.05, 0) is 61.5 Å². The van der Waals surface area contributed by atoms with Crippen LogP contribution < -0.4 is 25.7 Å². The van der Waals surface area contributed by atoms with Crippen molar-refractivity contribution in [3.05, 3.63) is 125 Å². The number of benzene rings is 2. The van der Waals surface area contributed by atoms with Gasteiger partial charge in [0, 0.05) is 61.3 Å². The van der Waals surface area contributed by atoms with Crippen molar-refractivity contribution < 1.29 is 37.3 Å². The number of alkyl carbamates (subject to hydrolysis) is 1. The molecule has 6 rings (SSSR count). The topological polar surface area (TPSA) is 143 Å². The maximum absolute atomic E-state index is 15.4. The lowest BCUT2D eigenvalue weighted by Crippen LogP contribution is -2.29. The molecule has 0 aliphatic heterocycles. The van der Waals surface area contributed by atoms with Crippen LogP contribution in [0.15, 0.2) is 96.2 Å². The molecule has 15 heteroatoms. The van der Waals surface area contributed by atoms with Gasteiger partial charge in [-0.15, -0.1) is 11.3 Å². The van der Waals surface area contributed by atoms with E-state index in [1.807, 2.05) is 6.07 Å². The lowest BCUT2D eigenvalue weighted by Gasteiger charge is -2.14. The molecule has 0 aliphatic rings. The number of hydrogen-bond donors (Lipinski definition) is 2. The second-order valence-electron chi connectivity index (χ2n) is 11.0. The van der Waals surface area contributed by atoms with Crippen molar-refractivity contribution in [2.24, 2.45) is 0 Å². The fraction of sp³-hybridized carbons (Fsp3) is 0.162. The van der Waals surface area contributed by atoms with E-state index < -0.39 is 29.2 Å². The Balaban J connectivity index is 1.16. The molecular formula is C37H31F2N5O7S. The number of nitrogens with one attached hydrogen (secondary N) is 2. The van der Waals surface area contributed by atoms with Gasteiger partial charge < -0.3 is 29.6 Å². The van der Waals surface area contributed by atoms with Gasteiger partial charge in [-0.25, -0.2) is 13.6 Å². The number of fused-ring (bicyclic) bond motifs is 1. The quantitative estimate of drug-likeness (QED) is 0.119. The van der Waals surface area contributed by atoms with E-state index in [-0.39, 0.29) is 36.0 Å². The van der Waals surface area contributed by atoms with Crippen LogP contribution in [0, 0.1) is 11.6 Å². The van der Waals surface area contributed by atoms with Crippen LogP contribution in [0.1, 0.15) is 22.8 Å². The fourth-order valence-corrected chi connectivity index (χ4v) is 6.06. The normalized spacial score (nSPS) is 10.9. The van der Waals surface area contributed by atoms with E-state index in [0.29, 0.717) is 46.1 Å². The first-order valence-electron chi connectivity index (χ1n) is 15.9. The monoisotopic (exact) mass is 727 g/mol. The highest BCUT2D eigenvalue weighted by Gasteiger charge is 2.21. The molecule has 2 aromatic carbocycles. The van der Waals surface area contributed by atoms with E-state index in [1.165, 1.54) is 71.7 Å². The van der Waals surface area contributed by atoms with Crippen molar-refractivity contribution in [2.75, 3.05) is 32.2 Å². The van der Waals surface area contributed by atoms with Gasteiger partial charge in [0.1, 0.15) is 29.5 Å². The maximum atomic E-state index is 15.4. The fourth-order valence-electron chi connectivity index (χ4n) is 5.01. The smallest absolute Gasteiger partial charge is 0.407 e. The van der Waals surface area contributed by atoms with E-state index in [0.717, 1.165) is 10.9 Å². The third-order valence-corrected chi connectivity index (χ3v) is 8.66. The summed E-state index contributed by atoms with van der Waals surface area (Å²) in [7, 11) is 1.54. The molecule has 266 valence electrons. The van der Waals surface area contributed by atoms with Crippen molar-refractivity contribution in [3.63, 3.8) is 0 Å². The molecule has 4 heterocycles. The van der Waals surface area contributed by atoms with Gasteiger partial charge in [-0.2, -0.15) is 0 Å². The number of amides is 2. The number of methoxy groups -OCH3 is 1. The summed E-state index contributed by atoms with van der Waals surface area (Å²) in [5, 5.41) is 5.14. The molecule has 6 aromatic rings.